The molecule has 7 heteroatoms. The molecule has 1 aromatic rings. The van der Waals surface area contributed by atoms with Crippen LogP contribution in [-0.2, 0) is 0 Å². The number of hydrogen-bond acceptors (Lipinski definition) is 5. The fourth-order valence-electron chi connectivity index (χ4n) is 2.67. The third-order valence-corrected chi connectivity index (χ3v) is 3.95. The zero-order valence-corrected chi connectivity index (χ0v) is 12.0. The zero-order valence-electron chi connectivity index (χ0n) is 12.0. The number of methoxy groups -OCH3 is 1. The van der Waals surface area contributed by atoms with Crippen LogP contribution in [0.2, 0.25) is 0 Å². The Balaban J connectivity index is 2.30. The number of hydrogen-bond donors (Lipinski definition) is 1. The maximum absolute atomic E-state index is 12.5. The van der Waals surface area contributed by atoms with Gasteiger partial charge in [0.2, 0.25) is 0 Å². The minimum Gasteiger partial charge on any atom is -0.490 e. The first kappa shape index (κ1) is 15.2. The summed E-state index contributed by atoms with van der Waals surface area (Å²) < 4.78 is 4.97. The van der Waals surface area contributed by atoms with Crippen molar-refractivity contribution in [3.05, 3.63) is 33.9 Å². The lowest BCUT2D eigenvalue weighted by Crippen LogP contribution is -2.39. The second-order valence-electron chi connectivity index (χ2n) is 5.16. The van der Waals surface area contributed by atoms with Gasteiger partial charge in [-0.15, -0.1) is 0 Å². The van der Waals surface area contributed by atoms with Gasteiger partial charge in [-0.2, -0.15) is 0 Å². The van der Waals surface area contributed by atoms with E-state index in [1.807, 2.05) is 6.92 Å². The first-order valence-corrected chi connectivity index (χ1v) is 6.73. The van der Waals surface area contributed by atoms with E-state index < -0.39 is 4.92 Å². The normalized spacial score (nSPS) is 21.4. The van der Waals surface area contributed by atoms with E-state index in [9.17, 15) is 20.0 Å². The van der Waals surface area contributed by atoms with E-state index in [0.717, 1.165) is 6.42 Å². The molecule has 1 N–H and O–H groups in total. The van der Waals surface area contributed by atoms with E-state index in [-0.39, 0.29) is 35.9 Å². The molecule has 7 nitrogen and oxygen atoms in total. The van der Waals surface area contributed by atoms with Crippen LogP contribution in [0, 0.1) is 16.0 Å². The molecule has 0 bridgehead atoms. The highest BCUT2D eigenvalue weighted by atomic mass is 16.6. The Morgan fingerprint density at radius 1 is 1.57 bits per heavy atom. The van der Waals surface area contributed by atoms with E-state index in [0.29, 0.717) is 12.1 Å². The Morgan fingerprint density at radius 3 is 2.86 bits per heavy atom. The molecule has 2 atom stereocenters. The summed E-state index contributed by atoms with van der Waals surface area (Å²) in [5.74, 6) is 0.0455. The van der Waals surface area contributed by atoms with E-state index in [2.05, 4.69) is 0 Å². The van der Waals surface area contributed by atoms with Gasteiger partial charge in [0.25, 0.3) is 5.91 Å². The number of carbonyl (C=O) groups is 1. The molecule has 114 valence electrons. The number of rotatable bonds is 4. The number of benzene rings is 1. The molecule has 1 amide bonds. The van der Waals surface area contributed by atoms with Gasteiger partial charge in [0.05, 0.1) is 24.7 Å². The lowest BCUT2D eigenvalue weighted by molar-refractivity contribution is -0.385. The fourth-order valence-corrected chi connectivity index (χ4v) is 2.67. The molecule has 1 saturated heterocycles. The van der Waals surface area contributed by atoms with Crippen LogP contribution in [0.1, 0.15) is 23.7 Å². The molecule has 1 aliphatic heterocycles. The van der Waals surface area contributed by atoms with Crippen molar-refractivity contribution in [2.45, 2.75) is 19.4 Å². The van der Waals surface area contributed by atoms with Crippen LogP contribution in [0.3, 0.4) is 0 Å². The number of likely N-dealkylation sites (tertiary alicyclic amines) is 1. The first-order valence-electron chi connectivity index (χ1n) is 6.73. The first-order chi connectivity index (χ1) is 9.99. The summed E-state index contributed by atoms with van der Waals surface area (Å²) in [6.45, 7) is 2.48. The third kappa shape index (κ3) is 2.82. The van der Waals surface area contributed by atoms with Crippen molar-refractivity contribution in [3.63, 3.8) is 0 Å². The van der Waals surface area contributed by atoms with Crippen molar-refractivity contribution in [1.29, 1.82) is 0 Å². The van der Waals surface area contributed by atoms with Gasteiger partial charge in [0.1, 0.15) is 0 Å². The number of amides is 1. The Bertz CT molecular complexity index is 560. The van der Waals surface area contributed by atoms with Crippen LogP contribution in [0.25, 0.3) is 0 Å². The molecule has 2 unspecified atom stereocenters. The zero-order chi connectivity index (χ0) is 15.6. The van der Waals surface area contributed by atoms with E-state index >= 15 is 0 Å². The molecule has 0 aliphatic carbocycles. The number of aliphatic hydroxyl groups is 1. The lowest BCUT2D eigenvalue weighted by Gasteiger charge is -2.25. The van der Waals surface area contributed by atoms with Crippen molar-refractivity contribution in [1.82, 2.24) is 4.90 Å². The molecular formula is C14H18N2O5. The number of nitrogens with zero attached hydrogens (tertiary/aromatic N) is 2. The van der Waals surface area contributed by atoms with Gasteiger partial charge in [0, 0.05) is 24.2 Å². The second-order valence-corrected chi connectivity index (χ2v) is 5.16. The van der Waals surface area contributed by atoms with Gasteiger partial charge < -0.3 is 14.7 Å². The van der Waals surface area contributed by atoms with Crippen molar-refractivity contribution >= 4 is 11.6 Å². The van der Waals surface area contributed by atoms with E-state index in [1.54, 1.807) is 4.90 Å². The maximum Gasteiger partial charge on any atom is 0.310 e. The number of carbonyl (C=O) groups excluding carboxylic acids is 1. The Hall–Kier alpha value is -2.15. The standard InChI is InChI=1S/C14H18N2O5/c1-9-5-6-15(12(9)8-17)14(18)10-3-4-11(16(19)20)13(7-10)21-2/h3-4,7,9,12,17H,5-6,8H2,1-2H3. The van der Waals surface area contributed by atoms with E-state index in [1.165, 1.54) is 25.3 Å². The smallest absolute Gasteiger partial charge is 0.310 e. The number of nitro groups is 1. The Labute approximate surface area is 122 Å². The molecule has 0 saturated carbocycles. The average molecular weight is 294 g/mol. The predicted molar refractivity (Wildman–Crippen MR) is 75.3 cm³/mol. The highest BCUT2D eigenvalue weighted by Gasteiger charge is 2.34. The molecule has 21 heavy (non-hydrogen) atoms. The molecular weight excluding hydrogens is 276 g/mol. The Morgan fingerprint density at radius 2 is 2.29 bits per heavy atom. The van der Waals surface area contributed by atoms with Crippen LogP contribution in [0.5, 0.6) is 5.75 Å². The summed E-state index contributed by atoms with van der Waals surface area (Å²) >= 11 is 0. The van der Waals surface area contributed by atoms with Crippen LogP contribution in [0.4, 0.5) is 5.69 Å². The van der Waals surface area contributed by atoms with Gasteiger partial charge in [0.15, 0.2) is 5.75 Å². The minimum atomic E-state index is -0.554. The van der Waals surface area contributed by atoms with Gasteiger partial charge >= 0.3 is 5.69 Å². The monoisotopic (exact) mass is 294 g/mol. The maximum atomic E-state index is 12.5. The van der Waals surface area contributed by atoms with Crippen molar-refractivity contribution in [3.8, 4) is 5.75 Å². The Kier molecular flexibility index (Phi) is 4.42. The summed E-state index contributed by atoms with van der Waals surface area (Å²) in [7, 11) is 1.32. The molecule has 0 spiro atoms. The largest absolute Gasteiger partial charge is 0.490 e. The summed E-state index contributed by atoms with van der Waals surface area (Å²) in [6, 6.07) is 3.84. The molecule has 1 fully saturated rings. The SMILES string of the molecule is COc1cc(C(=O)N2CCC(C)C2CO)ccc1[N+](=O)[O-]. The second kappa shape index (κ2) is 6.09. The number of aliphatic hydroxyl groups excluding tert-OH is 1. The van der Waals surface area contributed by atoms with Gasteiger partial charge in [-0.25, -0.2) is 0 Å². The summed E-state index contributed by atoms with van der Waals surface area (Å²) in [5.41, 5.74) is 0.146. The van der Waals surface area contributed by atoms with Crippen LogP contribution in [0.15, 0.2) is 18.2 Å². The van der Waals surface area contributed by atoms with Crippen LogP contribution >= 0.6 is 0 Å². The minimum absolute atomic E-state index is 0.0543. The molecule has 0 aromatic heterocycles. The average Bonchev–Trinajstić information content (AvgIpc) is 2.86. The summed E-state index contributed by atoms with van der Waals surface area (Å²) in [5, 5.41) is 20.3. The highest BCUT2D eigenvalue weighted by molar-refractivity contribution is 5.95. The summed E-state index contributed by atoms with van der Waals surface area (Å²) in [6.07, 6.45) is 0.834. The topological polar surface area (TPSA) is 92.9 Å². The van der Waals surface area contributed by atoms with Crippen LogP contribution < -0.4 is 4.74 Å². The van der Waals surface area contributed by atoms with Crippen molar-refractivity contribution in [2.75, 3.05) is 20.3 Å². The van der Waals surface area contributed by atoms with Gasteiger partial charge in [-0.3, -0.25) is 14.9 Å². The lowest BCUT2D eigenvalue weighted by atomic mass is 10.0. The highest BCUT2D eigenvalue weighted by Crippen LogP contribution is 2.30. The predicted octanol–water partition coefficient (Wildman–Crippen LogP) is 1.45. The van der Waals surface area contributed by atoms with Crippen LogP contribution in [-0.4, -0.2) is 47.1 Å². The summed E-state index contributed by atoms with van der Waals surface area (Å²) in [4.78, 5) is 24.4. The number of nitro benzene ring substituents is 1. The van der Waals surface area contributed by atoms with Crippen molar-refractivity contribution < 1.29 is 19.6 Å². The quantitative estimate of drug-likeness (QED) is 0.670. The molecule has 0 radical (unpaired) electrons. The molecule has 2 rings (SSSR count). The van der Waals surface area contributed by atoms with Gasteiger partial charge in [-0.05, 0) is 18.4 Å². The molecule has 1 aromatic carbocycles. The van der Waals surface area contributed by atoms with Crippen molar-refractivity contribution in [2.24, 2.45) is 5.92 Å². The fraction of sp³-hybridized carbons (Fsp3) is 0.500. The van der Waals surface area contributed by atoms with Gasteiger partial charge in [-0.1, -0.05) is 6.92 Å². The third-order valence-electron chi connectivity index (χ3n) is 3.95. The van der Waals surface area contributed by atoms with E-state index in [4.69, 9.17) is 4.74 Å². The number of ether oxygens (including phenoxy) is 1. The molecule has 1 aliphatic rings. The molecule has 1 heterocycles.